The maximum absolute atomic E-state index is 13.1. The number of nitrogens with zero attached hydrogens (tertiary/aromatic N) is 3. The molecule has 1 aliphatic rings. The zero-order chi connectivity index (χ0) is 28.4. The van der Waals surface area contributed by atoms with Gasteiger partial charge in [0.05, 0.1) is 23.5 Å². The monoisotopic (exact) mass is 555 g/mol. The van der Waals surface area contributed by atoms with E-state index in [-0.39, 0.29) is 17.1 Å². The van der Waals surface area contributed by atoms with Crippen LogP contribution in [0, 0.1) is 24.0 Å². The smallest absolute Gasteiger partial charge is 0.293 e. The number of aryl methyl sites for hydroxylation is 1. The maximum Gasteiger partial charge on any atom is 0.293 e. The highest BCUT2D eigenvalue weighted by Gasteiger charge is 2.36. The largest absolute Gasteiger partial charge is 0.497 e. The summed E-state index contributed by atoms with van der Waals surface area (Å²) >= 11 is 0.830. The molecule has 1 aliphatic heterocycles. The van der Waals surface area contributed by atoms with Crippen molar-refractivity contribution in [2.24, 2.45) is 0 Å². The topological polar surface area (TPSA) is 104 Å². The molecule has 4 aromatic rings. The van der Waals surface area contributed by atoms with Gasteiger partial charge >= 0.3 is 0 Å². The van der Waals surface area contributed by atoms with Crippen molar-refractivity contribution < 1.29 is 24.0 Å². The number of para-hydroxylation sites is 1. The molecule has 0 aliphatic carbocycles. The number of methoxy groups -OCH3 is 1. The Hall–Kier alpha value is -4.83. The molecule has 2 heterocycles. The first-order chi connectivity index (χ1) is 19.2. The van der Waals surface area contributed by atoms with Crippen LogP contribution in [0.3, 0.4) is 0 Å². The quantitative estimate of drug-likeness (QED) is 0.130. The van der Waals surface area contributed by atoms with E-state index in [0.717, 1.165) is 45.1 Å². The van der Waals surface area contributed by atoms with Crippen molar-refractivity contribution in [3.8, 4) is 22.9 Å². The van der Waals surface area contributed by atoms with Crippen LogP contribution < -0.4 is 9.47 Å². The number of carbonyl (C=O) groups is 2. The predicted octanol–water partition coefficient (Wildman–Crippen LogP) is 7.04. The van der Waals surface area contributed by atoms with E-state index in [2.05, 4.69) is 4.57 Å². The zero-order valence-electron chi connectivity index (χ0n) is 22.0. The fourth-order valence-corrected chi connectivity index (χ4v) is 5.37. The van der Waals surface area contributed by atoms with Gasteiger partial charge in [-0.1, -0.05) is 18.2 Å². The van der Waals surface area contributed by atoms with Crippen LogP contribution in [0.25, 0.3) is 11.8 Å². The molecule has 0 unspecified atom stereocenters. The number of amides is 2. The molecule has 3 aromatic carbocycles. The van der Waals surface area contributed by atoms with Gasteiger partial charge in [0.1, 0.15) is 17.2 Å². The summed E-state index contributed by atoms with van der Waals surface area (Å²) in [7, 11) is 1.61. The molecule has 9 nitrogen and oxygen atoms in total. The Bertz CT molecular complexity index is 1640. The third kappa shape index (κ3) is 5.34. The molecule has 1 saturated heterocycles. The van der Waals surface area contributed by atoms with E-state index >= 15 is 0 Å². The molecule has 0 atom stereocenters. The van der Waals surface area contributed by atoms with Gasteiger partial charge in [-0.3, -0.25) is 24.6 Å². The number of thioether (sulfide) groups is 1. The van der Waals surface area contributed by atoms with Crippen molar-refractivity contribution in [1.82, 2.24) is 9.47 Å². The van der Waals surface area contributed by atoms with E-state index in [4.69, 9.17) is 9.47 Å². The lowest BCUT2D eigenvalue weighted by atomic mass is 10.1. The van der Waals surface area contributed by atoms with Gasteiger partial charge in [0.2, 0.25) is 0 Å². The SMILES string of the molecule is COc1ccc(Oc2ccc(-n3c(C)cc(/C=C4\SC(=O)N(Cc5ccccc5[N+](=O)[O-])C4=O)c3C)cc2)cc1. The minimum Gasteiger partial charge on any atom is -0.497 e. The van der Waals surface area contributed by atoms with Gasteiger partial charge < -0.3 is 14.0 Å². The van der Waals surface area contributed by atoms with Crippen LogP contribution in [0.5, 0.6) is 17.2 Å². The Kier molecular flexibility index (Phi) is 7.43. The molecule has 10 heteroatoms. The Morgan fingerprint density at radius 3 is 2.20 bits per heavy atom. The van der Waals surface area contributed by atoms with Gasteiger partial charge in [-0.2, -0.15) is 0 Å². The average Bonchev–Trinajstić information content (AvgIpc) is 3.38. The van der Waals surface area contributed by atoms with E-state index in [1.807, 2.05) is 68.4 Å². The molecule has 5 rings (SSSR count). The molecule has 0 N–H and O–H groups in total. The van der Waals surface area contributed by atoms with Crippen LogP contribution in [0.1, 0.15) is 22.5 Å². The number of hydrogen-bond acceptors (Lipinski definition) is 7. The summed E-state index contributed by atoms with van der Waals surface area (Å²) in [5, 5.41) is 10.9. The average molecular weight is 556 g/mol. The first kappa shape index (κ1) is 26.8. The van der Waals surface area contributed by atoms with Gasteiger partial charge in [0, 0.05) is 28.7 Å². The second-order valence-electron chi connectivity index (χ2n) is 9.09. The van der Waals surface area contributed by atoms with E-state index in [1.54, 1.807) is 31.4 Å². The predicted molar refractivity (Wildman–Crippen MR) is 153 cm³/mol. The van der Waals surface area contributed by atoms with Crippen LogP contribution in [-0.4, -0.2) is 32.6 Å². The highest BCUT2D eigenvalue weighted by Crippen LogP contribution is 2.36. The number of rotatable bonds is 8. The van der Waals surface area contributed by atoms with Gasteiger partial charge in [0.15, 0.2) is 0 Å². The highest BCUT2D eigenvalue weighted by molar-refractivity contribution is 8.18. The van der Waals surface area contributed by atoms with Crippen LogP contribution in [0.2, 0.25) is 0 Å². The molecule has 2 amide bonds. The van der Waals surface area contributed by atoms with Crippen LogP contribution in [0.4, 0.5) is 10.5 Å². The lowest BCUT2D eigenvalue weighted by Crippen LogP contribution is -2.27. The standard InChI is InChI=1S/C30H25N3O6S/c1-19-16-22(17-28-29(34)31(30(35)40-28)18-21-6-4-5-7-27(21)33(36)37)20(2)32(19)23-8-10-25(11-9-23)39-26-14-12-24(38-3)13-15-26/h4-17H,18H2,1-3H3/b28-17-. The second-order valence-corrected chi connectivity index (χ2v) is 10.1. The van der Waals surface area contributed by atoms with E-state index in [9.17, 15) is 19.7 Å². The van der Waals surface area contributed by atoms with E-state index in [0.29, 0.717) is 17.1 Å². The Labute approximate surface area is 234 Å². The minimum atomic E-state index is -0.517. The highest BCUT2D eigenvalue weighted by atomic mass is 32.2. The van der Waals surface area contributed by atoms with Crippen molar-refractivity contribution in [3.05, 3.63) is 116 Å². The van der Waals surface area contributed by atoms with Gasteiger partial charge in [-0.05, 0) is 91.8 Å². The van der Waals surface area contributed by atoms with Gasteiger partial charge in [0.25, 0.3) is 16.8 Å². The Morgan fingerprint density at radius 2 is 1.55 bits per heavy atom. The molecule has 1 aromatic heterocycles. The minimum absolute atomic E-state index is 0.130. The fraction of sp³-hybridized carbons (Fsp3) is 0.133. The summed E-state index contributed by atoms with van der Waals surface area (Å²) in [6.45, 7) is 3.74. The maximum atomic E-state index is 13.1. The molecular weight excluding hydrogens is 530 g/mol. The molecule has 0 bridgehead atoms. The first-order valence-electron chi connectivity index (χ1n) is 12.3. The third-order valence-electron chi connectivity index (χ3n) is 6.54. The number of carbonyl (C=O) groups excluding carboxylic acids is 2. The summed E-state index contributed by atoms with van der Waals surface area (Å²) in [4.78, 5) is 38.0. The van der Waals surface area contributed by atoms with Gasteiger partial charge in [-0.25, -0.2) is 0 Å². The number of aromatic nitrogens is 1. The lowest BCUT2D eigenvalue weighted by Gasteiger charge is -2.12. The zero-order valence-corrected chi connectivity index (χ0v) is 22.8. The summed E-state index contributed by atoms with van der Waals surface area (Å²) < 4.78 is 13.2. The summed E-state index contributed by atoms with van der Waals surface area (Å²) in [6, 6.07) is 23.0. The number of nitro groups is 1. The molecule has 0 spiro atoms. The van der Waals surface area contributed by atoms with Crippen molar-refractivity contribution in [2.45, 2.75) is 20.4 Å². The Morgan fingerprint density at radius 1 is 0.925 bits per heavy atom. The summed E-state index contributed by atoms with van der Waals surface area (Å²) in [5.74, 6) is 1.66. The molecule has 40 heavy (non-hydrogen) atoms. The van der Waals surface area contributed by atoms with Crippen molar-refractivity contribution in [3.63, 3.8) is 0 Å². The number of benzene rings is 3. The number of imide groups is 1. The number of nitro benzene ring substituents is 1. The third-order valence-corrected chi connectivity index (χ3v) is 7.44. The normalized spacial score (nSPS) is 14.2. The van der Waals surface area contributed by atoms with Crippen LogP contribution in [0.15, 0.2) is 83.8 Å². The van der Waals surface area contributed by atoms with Crippen LogP contribution >= 0.6 is 11.8 Å². The lowest BCUT2D eigenvalue weighted by molar-refractivity contribution is -0.385. The van der Waals surface area contributed by atoms with Crippen molar-refractivity contribution >= 4 is 34.7 Å². The summed E-state index contributed by atoms with van der Waals surface area (Å²) in [6.07, 6.45) is 1.70. The summed E-state index contributed by atoms with van der Waals surface area (Å²) in [5.41, 5.74) is 3.73. The molecular formula is C30H25N3O6S. The number of ether oxygens (including phenoxy) is 2. The molecule has 202 valence electrons. The fourth-order valence-electron chi connectivity index (χ4n) is 4.54. The van der Waals surface area contributed by atoms with Crippen LogP contribution in [-0.2, 0) is 11.3 Å². The molecule has 0 saturated carbocycles. The number of hydrogen-bond donors (Lipinski definition) is 0. The Balaban J connectivity index is 1.35. The first-order valence-corrected chi connectivity index (χ1v) is 13.2. The van der Waals surface area contributed by atoms with Crippen molar-refractivity contribution in [1.29, 1.82) is 0 Å². The van der Waals surface area contributed by atoms with Crippen molar-refractivity contribution in [2.75, 3.05) is 7.11 Å². The van der Waals surface area contributed by atoms with E-state index < -0.39 is 16.1 Å². The molecule has 0 radical (unpaired) electrons. The van der Waals surface area contributed by atoms with E-state index in [1.165, 1.54) is 6.07 Å². The second kappa shape index (κ2) is 11.1. The molecule has 1 fully saturated rings. The van der Waals surface area contributed by atoms with Gasteiger partial charge in [-0.15, -0.1) is 0 Å².